The molecule has 0 unspecified atom stereocenters. The van der Waals surface area contributed by atoms with Crippen LogP contribution in [0.25, 0.3) is 119 Å². The van der Waals surface area contributed by atoms with Crippen LogP contribution in [0.2, 0.25) is 0 Å². The van der Waals surface area contributed by atoms with Crippen molar-refractivity contribution in [3.05, 3.63) is 182 Å². The second-order valence-electron chi connectivity index (χ2n) is 14.9. The van der Waals surface area contributed by atoms with Crippen LogP contribution in [0.3, 0.4) is 0 Å². The van der Waals surface area contributed by atoms with Crippen LogP contribution in [-0.2, 0) is 0 Å². The molecular formula is C52H30N4S. The van der Waals surface area contributed by atoms with E-state index in [0.29, 0.717) is 0 Å². The molecule has 0 atom stereocenters. The van der Waals surface area contributed by atoms with Gasteiger partial charge in [-0.15, -0.1) is 11.3 Å². The first-order valence-electron chi connectivity index (χ1n) is 19.3. The fourth-order valence-corrected chi connectivity index (χ4v) is 10.6. The molecule has 13 aromatic rings. The summed E-state index contributed by atoms with van der Waals surface area (Å²) in [6.07, 6.45) is 0. The second-order valence-corrected chi connectivity index (χ2v) is 16.0. The third-order valence-electron chi connectivity index (χ3n) is 11.9. The minimum absolute atomic E-state index is 0.818. The molecule has 9 aromatic carbocycles. The van der Waals surface area contributed by atoms with Crippen LogP contribution >= 0.6 is 11.3 Å². The molecule has 0 saturated heterocycles. The Bertz CT molecular complexity index is 3830. The maximum atomic E-state index is 5.57. The predicted molar refractivity (Wildman–Crippen MR) is 242 cm³/mol. The Kier molecular flexibility index (Phi) is 6.29. The summed E-state index contributed by atoms with van der Waals surface area (Å²) >= 11 is 1.83. The van der Waals surface area contributed by atoms with Crippen molar-refractivity contribution in [1.82, 2.24) is 19.1 Å². The van der Waals surface area contributed by atoms with Crippen LogP contribution in [0.1, 0.15) is 0 Å². The first-order chi connectivity index (χ1) is 28.3. The number of rotatable bonds is 3. The third-order valence-corrected chi connectivity index (χ3v) is 13.1. The largest absolute Gasteiger partial charge is 0.309 e. The molecule has 0 fully saturated rings. The van der Waals surface area contributed by atoms with Gasteiger partial charge in [-0.1, -0.05) is 140 Å². The Labute approximate surface area is 330 Å². The zero-order valence-electron chi connectivity index (χ0n) is 30.5. The summed E-state index contributed by atoms with van der Waals surface area (Å²) in [7, 11) is 0. The molecule has 4 nitrogen and oxygen atoms in total. The van der Waals surface area contributed by atoms with E-state index < -0.39 is 0 Å². The van der Waals surface area contributed by atoms with Crippen molar-refractivity contribution in [3.63, 3.8) is 0 Å². The average molecular weight is 743 g/mol. The molecular weight excluding hydrogens is 713 g/mol. The summed E-state index contributed by atoms with van der Waals surface area (Å²) < 4.78 is 7.32. The maximum absolute atomic E-state index is 5.57. The van der Waals surface area contributed by atoms with Crippen molar-refractivity contribution in [2.24, 2.45) is 0 Å². The standard InChI is InChI=1S/C52H30N4S/c1-3-14-34-31(12-1)25-29-45-48(34)40-28-26-33(55-44-22-9-5-16-36(44)38-27-24-32-13-2-4-15-35(32)50(38)55)30-46(40)56(45)52-49(53-42-20-7-8-21-43(42)54-52)41-19-11-18-39-37-17-6-10-23-47(37)57-51(39)41/h1-30H. The fourth-order valence-electron chi connectivity index (χ4n) is 9.40. The van der Waals surface area contributed by atoms with E-state index in [4.69, 9.17) is 9.97 Å². The van der Waals surface area contributed by atoms with E-state index in [2.05, 4.69) is 191 Å². The van der Waals surface area contributed by atoms with Gasteiger partial charge in [0.1, 0.15) is 5.69 Å². The lowest BCUT2D eigenvalue weighted by Gasteiger charge is -2.15. The average Bonchev–Trinajstić information content (AvgIpc) is 3.94. The molecule has 5 heteroatoms. The minimum atomic E-state index is 0.818. The first kappa shape index (κ1) is 30.9. The van der Waals surface area contributed by atoms with Gasteiger partial charge in [0.05, 0.1) is 33.1 Å². The van der Waals surface area contributed by atoms with Crippen molar-refractivity contribution >= 4 is 108 Å². The van der Waals surface area contributed by atoms with Gasteiger partial charge < -0.3 is 4.57 Å². The molecule has 264 valence electrons. The van der Waals surface area contributed by atoms with Gasteiger partial charge in [-0.3, -0.25) is 4.57 Å². The molecule has 0 bridgehead atoms. The number of hydrogen-bond acceptors (Lipinski definition) is 3. The van der Waals surface area contributed by atoms with Gasteiger partial charge in [0.25, 0.3) is 0 Å². The molecule has 0 aliphatic heterocycles. The number of thiophene rings is 1. The van der Waals surface area contributed by atoms with E-state index >= 15 is 0 Å². The Morgan fingerprint density at radius 3 is 1.95 bits per heavy atom. The first-order valence-corrected chi connectivity index (χ1v) is 20.2. The second kappa shape index (κ2) is 11.6. The number of nitrogens with zero attached hydrogens (tertiary/aromatic N) is 4. The molecule has 0 saturated carbocycles. The van der Waals surface area contributed by atoms with Gasteiger partial charge >= 0.3 is 0 Å². The molecule has 0 aliphatic rings. The molecule has 4 heterocycles. The summed E-state index contributed by atoms with van der Waals surface area (Å²) in [6.45, 7) is 0. The molecule has 0 aliphatic carbocycles. The Hall–Kier alpha value is -7.34. The normalized spacial score (nSPS) is 12.2. The lowest BCUT2D eigenvalue weighted by molar-refractivity contribution is 1.08. The van der Waals surface area contributed by atoms with Gasteiger partial charge in [-0.2, -0.15) is 0 Å². The van der Waals surface area contributed by atoms with Gasteiger partial charge in [0.2, 0.25) is 0 Å². The number of fused-ring (bicyclic) bond motifs is 14. The highest BCUT2D eigenvalue weighted by Gasteiger charge is 2.24. The van der Waals surface area contributed by atoms with E-state index in [9.17, 15) is 0 Å². The quantitative estimate of drug-likeness (QED) is 0.181. The molecule has 0 N–H and O–H groups in total. The van der Waals surface area contributed by atoms with Gasteiger partial charge in [-0.05, 0) is 58.6 Å². The van der Waals surface area contributed by atoms with E-state index in [1.54, 1.807) is 0 Å². The highest BCUT2D eigenvalue weighted by atomic mass is 32.1. The van der Waals surface area contributed by atoms with Crippen LogP contribution in [-0.4, -0.2) is 19.1 Å². The Balaban J connectivity index is 1.20. The zero-order valence-corrected chi connectivity index (χ0v) is 31.3. The summed E-state index contributed by atoms with van der Waals surface area (Å²) in [6, 6.07) is 65.8. The van der Waals surface area contributed by atoms with E-state index in [1.807, 2.05) is 11.3 Å². The number of aromatic nitrogens is 4. The van der Waals surface area contributed by atoms with Crippen LogP contribution in [0.5, 0.6) is 0 Å². The Morgan fingerprint density at radius 1 is 0.404 bits per heavy atom. The molecule has 0 spiro atoms. The number of hydrogen-bond donors (Lipinski definition) is 0. The smallest absolute Gasteiger partial charge is 0.165 e. The van der Waals surface area contributed by atoms with E-state index in [-0.39, 0.29) is 0 Å². The Morgan fingerprint density at radius 2 is 1.07 bits per heavy atom. The summed E-state index contributed by atoms with van der Waals surface area (Å²) in [5, 5.41) is 12.3. The SMILES string of the molecule is c1ccc2c(c1)ccc1c2c2ccc(-n3c4ccccc4c4ccc5ccccc5c43)cc2n1-c1nc2ccccc2nc1-c1cccc2c1sc1ccccc12. The van der Waals surface area contributed by atoms with Crippen molar-refractivity contribution in [3.8, 4) is 22.8 Å². The number of para-hydroxylation sites is 3. The van der Waals surface area contributed by atoms with Crippen LogP contribution < -0.4 is 0 Å². The lowest BCUT2D eigenvalue weighted by atomic mass is 10.0. The third kappa shape index (κ3) is 4.32. The van der Waals surface area contributed by atoms with Crippen molar-refractivity contribution in [1.29, 1.82) is 0 Å². The van der Waals surface area contributed by atoms with Crippen LogP contribution in [0, 0.1) is 0 Å². The minimum Gasteiger partial charge on any atom is -0.309 e. The van der Waals surface area contributed by atoms with Crippen LogP contribution in [0.15, 0.2) is 182 Å². The fraction of sp³-hybridized carbons (Fsp3) is 0. The number of benzene rings is 9. The summed E-state index contributed by atoms with van der Waals surface area (Å²) in [5.74, 6) is 0.818. The predicted octanol–water partition coefficient (Wildman–Crippen LogP) is 14.2. The summed E-state index contributed by atoms with van der Waals surface area (Å²) in [4.78, 5) is 11.1. The topological polar surface area (TPSA) is 35.6 Å². The van der Waals surface area contributed by atoms with Gasteiger partial charge in [0.15, 0.2) is 5.82 Å². The molecule has 4 aromatic heterocycles. The van der Waals surface area contributed by atoms with Crippen molar-refractivity contribution in [2.75, 3.05) is 0 Å². The van der Waals surface area contributed by atoms with Gasteiger partial charge in [0, 0.05) is 58.4 Å². The lowest BCUT2D eigenvalue weighted by Crippen LogP contribution is -2.04. The highest BCUT2D eigenvalue weighted by molar-refractivity contribution is 7.26. The highest BCUT2D eigenvalue weighted by Crippen LogP contribution is 2.45. The van der Waals surface area contributed by atoms with Crippen LogP contribution in [0.4, 0.5) is 0 Å². The molecule has 57 heavy (non-hydrogen) atoms. The molecule has 0 amide bonds. The monoisotopic (exact) mass is 742 g/mol. The molecule has 13 rings (SSSR count). The van der Waals surface area contributed by atoms with Crippen molar-refractivity contribution in [2.45, 2.75) is 0 Å². The molecule has 0 radical (unpaired) electrons. The summed E-state index contributed by atoms with van der Waals surface area (Å²) in [5.41, 5.74) is 9.36. The van der Waals surface area contributed by atoms with E-state index in [1.165, 1.54) is 74.3 Å². The maximum Gasteiger partial charge on any atom is 0.165 e. The zero-order chi connectivity index (χ0) is 37.2. The van der Waals surface area contributed by atoms with Crippen molar-refractivity contribution < 1.29 is 0 Å². The van der Waals surface area contributed by atoms with Gasteiger partial charge in [-0.25, -0.2) is 9.97 Å². The van der Waals surface area contributed by atoms with E-state index in [0.717, 1.165) is 44.8 Å².